The number of rotatable bonds is 2. The number of nitrogens with two attached hydrogens (primary N) is 1. The van der Waals surface area contributed by atoms with Crippen molar-refractivity contribution >= 4 is 32.0 Å². The summed E-state index contributed by atoms with van der Waals surface area (Å²) in [5, 5.41) is 0. The van der Waals surface area contributed by atoms with Crippen LogP contribution in [0, 0.1) is 6.92 Å². The fraction of sp³-hybridized carbons (Fsp3) is 0.143. The van der Waals surface area contributed by atoms with Crippen molar-refractivity contribution in [1.29, 1.82) is 0 Å². The van der Waals surface area contributed by atoms with Crippen molar-refractivity contribution in [2.75, 3.05) is 5.73 Å². The number of benzene rings is 2. The minimum absolute atomic E-state index is 0.135. The second-order valence-electron chi connectivity index (χ2n) is 4.82. The van der Waals surface area contributed by atoms with Gasteiger partial charge in [0.2, 0.25) is 0 Å². The van der Waals surface area contributed by atoms with E-state index < -0.39 is 32.4 Å². The molecule has 0 amide bonds. The molecule has 0 unspecified atom stereocenters. The van der Waals surface area contributed by atoms with Gasteiger partial charge < -0.3 is 5.73 Å². The molecule has 2 aromatic rings. The molecule has 0 heterocycles. The van der Waals surface area contributed by atoms with Crippen molar-refractivity contribution in [3.05, 3.63) is 53.6 Å². The molecule has 0 spiro atoms. The molecule has 0 aliphatic carbocycles. The van der Waals surface area contributed by atoms with Gasteiger partial charge in [0.25, 0.3) is 10.1 Å². The molecule has 0 atom stereocenters. The van der Waals surface area contributed by atoms with Crippen LogP contribution in [0.2, 0.25) is 0 Å². The van der Waals surface area contributed by atoms with Crippen molar-refractivity contribution in [2.24, 2.45) is 4.36 Å². The Bertz CT molecular complexity index is 1020. The molecule has 0 fully saturated rings. The number of alkyl halides is 3. The lowest BCUT2D eigenvalue weighted by atomic mass is 10.2. The zero-order valence-corrected chi connectivity index (χ0v) is 14.7. The molecule has 26 heavy (non-hydrogen) atoms. The van der Waals surface area contributed by atoms with Crippen LogP contribution in [0.5, 0.6) is 0 Å². The van der Waals surface area contributed by atoms with Crippen molar-refractivity contribution < 1.29 is 34.6 Å². The maximum Gasteiger partial charge on any atom is 0.418 e. The Morgan fingerprint density at radius 2 is 1.69 bits per heavy atom. The first-order chi connectivity index (χ1) is 11.8. The van der Waals surface area contributed by atoms with Crippen LogP contribution in [0.25, 0.3) is 0 Å². The third-order valence-corrected chi connectivity index (χ3v) is 4.10. The van der Waals surface area contributed by atoms with Crippen LogP contribution in [0.3, 0.4) is 0 Å². The summed E-state index contributed by atoms with van der Waals surface area (Å²) >= 11 is 0. The van der Waals surface area contributed by atoms with Crippen LogP contribution in [-0.4, -0.2) is 21.4 Å². The first-order valence-corrected chi connectivity index (χ1v) is 9.10. The van der Waals surface area contributed by atoms with E-state index >= 15 is 0 Å². The summed E-state index contributed by atoms with van der Waals surface area (Å²) in [6.45, 7) is 1.49. The van der Waals surface area contributed by atoms with Gasteiger partial charge in [-0.05, 0) is 42.8 Å². The number of aryl methyl sites for hydroxylation is 1. The maximum absolute atomic E-state index is 12.0. The van der Waals surface area contributed by atoms with Crippen molar-refractivity contribution in [3.8, 4) is 0 Å². The van der Waals surface area contributed by atoms with Crippen molar-refractivity contribution in [2.45, 2.75) is 18.0 Å². The van der Waals surface area contributed by atoms with Gasteiger partial charge in [0.05, 0.1) is 16.1 Å². The average molecular weight is 410 g/mol. The van der Waals surface area contributed by atoms with Gasteiger partial charge in [-0.3, -0.25) is 4.55 Å². The molecule has 0 aliphatic heterocycles. The third kappa shape index (κ3) is 6.46. The lowest BCUT2D eigenvalue weighted by Gasteiger charge is -2.07. The van der Waals surface area contributed by atoms with E-state index in [-0.39, 0.29) is 16.3 Å². The van der Waals surface area contributed by atoms with E-state index in [9.17, 15) is 30.0 Å². The van der Waals surface area contributed by atoms with E-state index in [4.69, 9.17) is 10.3 Å². The van der Waals surface area contributed by atoms with E-state index in [0.29, 0.717) is 5.56 Å². The normalized spacial score (nSPS) is 11.3. The summed E-state index contributed by atoms with van der Waals surface area (Å²) in [5.41, 5.74) is 4.55. The first-order valence-electron chi connectivity index (χ1n) is 6.63. The Hall–Kier alpha value is -2.44. The molecule has 2 rings (SSSR count). The summed E-state index contributed by atoms with van der Waals surface area (Å²) in [6.07, 6.45) is -4.34. The van der Waals surface area contributed by atoms with Gasteiger partial charge in [0, 0.05) is 5.69 Å². The molecule has 0 saturated carbocycles. The van der Waals surface area contributed by atoms with E-state index in [1.165, 1.54) is 31.2 Å². The topological polar surface area (TPSA) is 127 Å². The smallest absolute Gasteiger partial charge is 0.398 e. The largest absolute Gasteiger partial charge is 0.418 e. The quantitative estimate of drug-likeness (QED) is 0.578. The summed E-state index contributed by atoms with van der Waals surface area (Å²) in [5.74, 6) is 0. The second kappa shape index (κ2) is 8.29. The third-order valence-electron chi connectivity index (χ3n) is 2.91. The fourth-order valence-electron chi connectivity index (χ4n) is 1.73. The van der Waals surface area contributed by atoms with Gasteiger partial charge in [-0.25, -0.2) is 0 Å². The number of halogens is 3. The standard InChI is InChI=1S/C7H6F3N.C7H7NO5S2/c8-7(9,10)5-3-1-2-4-6(5)11;1-5-4-6(15(11,12)13)2-3-7(5)8-14(9)10/h1-4H,11H2;2-4H,1H3,(H,11,12,13). The Morgan fingerprint density at radius 1 is 1.12 bits per heavy atom. The van der Waals surface area contributed by atoms with Crippen LogP contribution in [-0.2, 0) is 26.8 Å². The van der Waals surface area contributed by atoms with E-state index in [2.05, 4.69) is 4.36 Å². The molecular weight excluding hydrogens is 397 g/mol. The van der Waals surface area contributed by atoms with Gasteiger partial charge in [0.1, 0.15) is 0 Å². The zero-order chi connectivity index (χ0) is 20.1. The minimum Gasteiger partial charge on any atom is -0.398 e. The molecule has 12 heteroatoms. The van der Waals surface area contributed by atoms with Gasteiger partial charge in [-0.1, -0.05) is 12.1 Å². The van der Waals surface area contributed by atoms with Crippen molar-refractivity contribution in [3.63, 3.8) is 0 Å². The predicted octanol–water partition coefficient (Wildman–Crippen LogP) is 3.22. The van der Waals surface area contributed by atoms with Crippen LogP contribution in [0.15, 0.2) is 51.7 Å². The molecule has 0 radical (unpaired) electrons. The number of hydrogen-bond acceptors (Lipinski definition) is 6. The SMILES string of the molecule is Cc1cc(S(=O)(=O)O)ccc1N=S(=O)=O.Nc1ccccc1C(F)(F)F. The molecule has 0 bridgehead atoms. The molecular formula is C14H13F3N2O5S2. The lowest BCUT2D eigenvalue weighted by molar-refractivity contribution is -0.136. The zero-order valence-electron chi connectivity index (χ0n) is 13.1. The Kier molecular flexibility index (Phi) is 6.89. The maximum atomic E-state index is 12.0. The molecule has 142 valence electrons. The Labute approximate surface area is 148 Å². The molecule has 2 aromatic carbocycles. The monoisotopic (exact) mass is 410 g/mol. The molecule has 0 aliphatic rings. The summed E-state index contributed by atoms with van der Waals surface area (Å²) in [6, 6.07) is 8.37. The van der Waals surface area contributed by atoms with Crippen LogP contribution >= 0.6 is 0 Å². The van der Waals surface area contributed by atoms with E-state index in [1.54, 1.807) is 0 Å². The molecule has 7 nitrogen and oxygen atoms in total. The van der Waals surface area contributed by atoms with Crippen LogP contribution in [0.4, 0.5) is 24.5 Å². The highest BCUT2D eigenvalue weighted by Crippen LogP contribution is 2.32. The average Bonchev–Trinajstić information content (AvgIpc) is 2.48. The summed E-state index contributed by atoms with van der Waals surface area (Å²) in [4.78, 5) is -0.296. The van der Waals surface area contributed by atoms with E-state index in [1.807, 2.05) is 0 Å². The predicted molar refractivity (Wildman–Crippen MR) is 87.9 cm³/mol. The van der Waals surface area contributed by atoms with Gasteiger partial charge in [-0.15, -0.1) is 4.36 Å². The molecule has 0 saturated heterocycles. The summed E-state index contributed by atoms with van der Waals surface area (Å²) in [7, 11) is -6.86. The number of para-hydroxylation sites is 1. The molecule has 0 aromatic heterocycles. The Morgan fingerprint density at radius 3 is 2.08 bits per heavy atom. The Balaban J connectivity index is 0.000000273. The second-order valence-corrected chi connectivity index (χ2v) is 6.86. The number of anilines is 1. The first kappa shape index (κ1) is 21.6. The van der Waals surface area contributed by atoms with Crippen LogP contribution < -0.4 is 5.73 Å². The number of nitrogen functional groups attached to an aromatic ring is 1. The number of nitrogens with zero attached hydrogens (tertiary/aromatic N) is 1. The van der Waals surface area contributed by atoms with Gasteiger partial charge in [-0.2, -0.15) is 30.0 Å². The minimum atomic E-state index is -4.34. The highest BCUT2D eigenvalue weighted by Gasteiger charge is 2.32. The fourth-order valence-corrected chi connectivity index (χ4v) is 2.66. The molecule has 3 N–H and O–H groups in total. The van der Waals surface area contributed by atoms with E-state index in [0.717, 1.165) is 18.2 Å². The van der Waals surface area contributed by atoms with Crippen molar-refractivity contribution in [1.82, 2.24) is 0 Å². The van der Waals surface area contributed by atoms with Crippen LogP contribution in [0.1, 0.15) is 11.1 Å². The highest BCUT2D eigenvalue weighted by atomic mass is 32.2. The highest BCUT2D eigenvalue weighted by molar-refractivity contribution is 7.85. The number of hydrogen-bond donors (Lipinski definition) is 2. The van der Waals surface area contributed by atoms with Gasteiger partial charge in [0.15, 0.2) is 0 Å². The summed E-state index contributed by atoms with van der Waals surface area (Å²) < 4.78 is 89.8. The van der Waals surface area contributed by atoms with Gasteiger partial charge >= 0.3 is 16.7 Å². The lowest BCUT2D eigenvalue weighted by Crippen LogP contribution is -2.07.